The molecular weight excluding hydrogens is 390 g/mol. The molecule has 2 aromatic carbocycles. The normalized spacial score (nSPS) is 10.4. The van der Waals surface area contributed by atoms with Crippen molar-refractivity contribution in [3.8, 4) is 17.2 Å². The number of benzene rings is 2. The van der Waals surface area contributed by atoms with Crippen molar-refractivity contribution in [2.45, 2.75) is 13.3 Å². The Kier molecular flexibility index (Phi) is 6.26. The average molecular weight is 409 g/mol. The van der Waals surface area contributed by atoms with Crippen LogP contribution in [-0.2, 0) is 20.7 Å². The smallest absolute Gasteiger partial charge is 0.338 e. The van der Waals surface area contributed by atoms with Crippen molar-refractivity contribution in [2.24, 2.45) is 0 Å². The lowest BCUT2D eigenvalue weighted by Crippen LogP contribution is -2.14. The number of carbonyl (C=O) groups is 3. The predicted octanol–water partition coefficient (Wildman–Crippen LogP) is 3.37. The van der Waals surface area contributed by atoms with E-state index in [0.717, 1.165) is 5.56 Å². The highest BCUT2D eigenvalue weighted by Crippen LogP contribution is 2.23. The summed E-state index contributed by atoms with van der Waals surface area (Å²) in [5.41, 5.74) is 1.31. The highest BCUT2D eigenvalue weighted by molar-refractivity contribution is 5.96. The highest BCUT2D eigenvalue weighted by Gasteiger charge is 2.19. The number of esters is 3. The molecule has 0 bridgehead atoms. The first-order valence-electron chi connectivity index (χ1n) is 8.95. The third kappa shape index (κ3) is 4.72. The third-order valence-electron chi connectivity index (χ3n) is 4.21. The van der Waals surface area contributed by atoms with Crippen molar-refractivity contribution in [3.05, 3.63) is 71.1 Å². The lowest BCUT2D eigenvalue weighted by Gasteiger charge is -2.08. The monoisotopic (exact) mass is 409 g/mol. The zero-order chi connectivity index (χ0) is 21.7. The summed E-state index contributed by atoms with van der Waals surface area (Å²) in [5, 5.41) is 0. The van der Waals surface area contributed by atoms with Gasteiger partial charge in [0, 0.05) is 5.56 Å². The van der Waals surface area contributed by atoms with Crippen molar-refractivity contribution in [1.29, 1.82) is 0 Å². The molecule has 8 heteroatoms. The summed E-state index contributed by atoms with van der Waals surface area (Å²) in [6.45, 7) is 1.70. The van der Waals surface area contributed by atoms with E-state index in [9.17, 15) is 14.4 Å². The minimum atomic E-state index is -0.682. The zero-order valence-corrected chi connectivity index (χ0v) is 16.6. The fraction of sp³-hybridized carbons (Fsp3) is 0.182. The molecule has 3 rings (SSSR count). The van der Waals surface area contributed by atoms with Gasteiger partial charge in [0.25, 0.3) is 0 Å². The summed E-state index contributed by atoms with van der Waals surface area (Å²) in [5.74, 6) is -1.10. The second-order valence-electron chi connectivity index (χ2n) is 6.27. The topological polar surface area (TPSA) is 105 Å². The molecule has 30 heavy (non-hydrogen) atoms. The van der Waals surface area contributed by atoms with Gasteiger partial charge in [0.2, 0.25) is 5.89 Å². The van der Waals surface area contributed by atoms with Gasteiger partial charge in [-0.15, -0.1) is 0 Å². The zero-order valence-electron chi connectivity index (χ0n) is 16.6. The van der Waals surface area contributed by atoms with Gasteiger partial charge in [-0.3, -0.25) is 4.79 Å². The van der Waals surface area contributed by atoms with Gasteiger partial charge >= 0.3 is 17.9 Å². The number of carbonyl (C=O) groups excluding carboxylic acids is 3. The summed E-state index contributed by atoms with van der Waals surface area (Å²) < 4.78 is 20.3. The van der Waals surface area contributed by atoms with Gasteiger partial charge in [-0.05, 0) is 37.3 Å². The SMILES string of the molecule is COC(=O)c1cc(OC(=O)Cc2nc(-c3ccccc3)oc2C)cc(C(=O)OC)c1. The van der Waals surface area contributed by atoms with Crippen LogP contribution in [0.5, 0.6) is 5.75 Å². The molecule has 1 aromatic heterocycles. The van der Waals surface area contributed by atoms with Crippen LogP contribution < -0.4 is 4.74 Å². The van der Waals surface area contributed by atoms with E-state index in [1.165, 1.54) is 32.4 Å². The molecule has 0 saturated heterocycles. The molecule has 0 aliphatic rings. The van der Waals surface area contributed by atoms with Gasteiger partial charge in [-0.1, -0.05) is 18.2 Å². The van der Waals surface area contributed by atoms with Crippen LogP contribution in [0.2, 0.25) is 0 Å². The van der Waals surface area contributed by atoms with Crippen LogP contribution in [0.25, 0.3) is 11.5 Å². The Labute approximate surface area is 172 Å². The predicted molar refractivity (Wildman–Crippen MR) is 105 cm³/mol. The van der Waals surface area contributed by atoms with E-state index < -0.39 is 17.9 Å². The van der Waals surface area contributed by atoms with Crippen LogP contribution in [-0.4, -0.2) is 37.1 Å². The Morgan fingerprint density at radius 1 is 0.933 bits per heavy atom. The fourth-order valence-corrected chi connectivity index (χ4v) is 2.73. The molecule has 0 aliphatic heterocycles. The number of ether oxygens (including phenoxy) is 3. The van der Waals surface area contributed by atoms with Gasteiger partial charge in [0.05, 0.1) is 37.5 Å². The molecule has 0 spiro atoms. The minimum absolute atomic E-state index is 0.00716. The van der Waals surface area contributed by atoms with Crippen LogP contribution in [0.15, 0.2) is 52.9 Å². The molecule has 0 atom stereocenters. The van der Waals surface area contributed by atoms with E-state index in [1.54, 1.807) is 6.92 Å². The largest absolute Gasteiger partial charge is 0.465 e. The lowest BCUT2D eigenvalue weighted by molar-refractivity contribution is -0.133. The van der Waals surface area contributed by atoms with Crippen molar-refractivity contribution in [1.82, 2.24) is 4.98 Å². The third-order valence-corrected chi connectivity index (χ3v) is 4.21. The van der Waals surface area contributed by atoms with E-state index in [4.69, 9.17) is 9.15 Å². The molecule has 0 radical (unpaired) electrons. The van der Waals surface area contributed by atoms with Gasteiger partial charge in [0.1, 0.15) is 11.5 Å². The average Bonchev–Trinajstić information content (AvgIpc) is 3.12. The lowest BCUT2D eigenvalue weighted by atomic mass is 10.1. The van der Waals surface area contributed by atoms with Crippen molar-refractivity contribution in [3.63, 3.8) is 0 Å². The van der Waals surface area contributed by atoms with Crippen LogP contribution in [0, 0.1) is 6.92 Å². The van der Waals surface area contributed by atoms with Gasteiger partial charge < -0.3 is 18.6 Å². The molecule has 0 fully saturated rings. The maximum atomic E-state index is 12.4. The molecule has 3 aromatic rings. The molecule has 0 unspecified atom stereocenters. The number of rotatable bonds is 6. The summed E-state index contributed by atoms with van der Waals surface area (Å²) in [7, 11) is 2.41. The second-order valence-corrected chi connectivity index (χ2v) is 6.27. The number of oxazole rings is 1. The van der Waals surface area contributed by atoms with E-state index >= 15 is 0 Å². The Bertz CT molecular complexity index is 1050. The standard InChI is InChI=1S/C22H19NO7/c1-13-18(23-20(29-13)14-7-5-4-6-8-14)12-19(24)30-17-10-15(21(25)27-2)9-16(11-17)22(26)28-3/h4-11H,12H2,1-3H3. The Balaban J connectivity index is 1.80. The first kappa shape index (κ1) is 20.8. The number of aromatic nitrogens is 1. The second kappa shape index (κ2) is 9.04. The summed E-state index contributed by atoms with van der Waals surface area (Å²) in [6, 6.07) is 13.2. The fourth-order valence-electron chi connectivity index (χ4n) is 2.73. The van der Waals surface area contributed by atoms with E-state index in [-0.39, 0.29) is 23.3 Å². The van der Waals surface area contributed by atoms with Crippen LogP contribution in [0.4, 0.5) is 0 Å². The molecular formula is C22H19NO7. The highest BCUT2D eigenvalue weighted by atomic mass is 16.5. The maximum absolute atomic E-state index is 12.4. The van der Waals surface area contributed by atoms with Crippen LogP contribution >= 0.6 is 0 Å². The van der Waals surface area contributed by atoms with Crippen molar-refractivity contribution < 1.29 is 33.0 Å². The molecule has 0 saturated carbocycles. The van der Waals surface area contributed by atoms with Crippen molar-refractivity contribution >= 4 is 17.9 Å². The number of aryl methyl sites for hydroxylation is 1. The van der Waals surface area contributed by atoms with Gasteiger partial charge in [0.15, 0.2) is 0 Å². The molecule has 0 N–H and O–H groups in total. The maximum Gasteiger partial charge on any atom is 0.338 e. The number of methoxy groups -OCH3 is 2. The first-order chi connectivity index (χ1) is 14.4. The minimum Gasteiger partial charge on any atom is -0.465 e. The summed E-state index contributed by atoms with van der Waals surface area (Å²) in [4.78, 5) is 40.5. The quantitative estimate of drug-likeness (QED) is 0.451. The molecule has 154 valence electrons. The number of hydrogen-bond acceptors (Lipinski definition) is 8. The van der Waals surface area contributed by atoms with Gasteiger partial charge in [-0.25, -0.2) is 14.6 Å². The van der Waals surface area contributed by atoms with Gasteiger partial charge in [-0.2, -0.15) is 0 Å². The molecule has 1 heterocycles. The Hall–Kier alpha value is -3.94. The van der Waals surface area contributed by atoms with Crippen LogP contribution in [0.3, 0.4) is 0 Å². The Morgan fingerprint density at radius 3 is 2.10 bits per heavy atom. The van der Waals surface area contributed by atoms with E-state index in [1.807, 2.05) is 30.3 Å². The number of nitrogens with zero attached hydrogens (tertiary/aromatic N) is 1. The summed E-state index contributed by atoms with van der Waals surface area (Å²) in [6.07, 6.45) is -0.155. The Morgan fingerprint density at radius 2 is 1.53 bits per heavy atom. The molecule has 0 amide bonds. The molecule has 0 aliphatic carbocycles. The van der Waals surface area contributed by atoms with Crippen molar-refractivity contribution in [2.75, 3.05) is 14.2 Å². The first-order valence-corrected chi connectivity index (χ1v) is 8.95. The van der Waals surface area contributed by atoms with E-state index in [2.05, 4.69) is 14.5 Å². The van der Waals surface area contributed by atoms with Crippen LogP contribution in [0.1, 0.15) is 32.2 Å². The van der Waals surface area contributed by atoms with E-state index in [0.29, 0.717) is 17.3 Å². The molecule has 8 nitrogen and oxygen atoms in total. The number of hydrogen-bond donors (Lipinski definition) is 0. The summed E-state index contributed by atoms with van der Waals surface area (Å²) >= 11 is 0.